The van der Waals surface area contributed by atoms with E-state index in [-0.39, 0.29) is 11.8 Å². The van der Waals surface area contributed by atoms with E-state index in [1.807, 2.05) is 27.8 Å². The summed E-state index contributed by atoms with van der Waals surface area (Å²) in [6, 6.07) is 0. The van der Waals surface area contributed by atoms with Crippen LogP contribution in [0.4, 0.5) is 0 Å². The fourth-order valence-electron chi connectivity index (χ4n) is 2.46. The van der Waals surface area contributed by atoms with Gasteiger partial charge in [0.1, 0.15) is 5.60 Å². The summed E-state index contributed by atoms with van der Waals surface area (Å²) in [7, 11) is 2.02. The van der Waals surface area contributed by atoms with Gasteiger partial charge < -0.3 is 9.64 Å². The summed E-state index contributed by atoms with van der Waals surface area (Å²) in [6.45, 7) is 13.0. The van der Waals surface area contributed by atoms with E-state index in [9.17, 15) is 9.59 Å². The molecule has 1 aliphatic rings. The largest absolute Gasteiger partial charge is 0.451 e. The van der Waals surface area contributed by atoms with Crippen LogP contribution in [0.2, 0.25) is 0 Å². The van der Waals surface area contributed by atoms with Gasteiger partial charge in [-0.2, -0.15) is 0 Å². The number of nitrogens with zero attached hydrogens (tertiary/aromatic N) is 1. The molecule has 0 N–H and O–H groups in total. The van der Waals surface area contributed by atoms with Crippen LogP contribution in [0.15, 0.2) is 11.1 Å². The first-order valence-electron chi connectivity index (χ1n) is 7.52. The maximum atomic E-state index is 11.8. The molecule has 0 fully saturated rings. The van der Waals surface area contributed by atoms with Crippen molar-refractivity contribution in [1.82, 2.24) is 4.90 Å². The van der Waals surface area contributed by atoms with E-state index in [0.29, 0.717) is 24.0 Å². The molecule has 1 rings (SSSR count). The third-order valence-corrected chi connectivity index (χ3v) is 3.79. The van der Waals surface area contributed by atoms with Crippen LogP contribution in [0.25, 0.3) is 0 Å². The van der Waals surface area contributed by atoms with Crippen LogP contribution in [0.3, 0.4) is 0 Å². The van der Waals surface area contributed by atoms with Gasteiger partial charge in [0.2, 0.25) is 0 Å². The summed E-state index contributed by atoms with van der Waals surface area (Å²) in [5.41, 5.74) is 0.333. The minimum atomic E-state index is -0.712. The quantitative estimate of drug-likeness (QED) is 0.703. The van der Waals surface area contributed by atoms with Crippen molar-refractivity contribution in [2.24, 2.45) is 0 Å². The number of ether oxygens (including phenoxy) is 1. The Morgan fingerprint density at radius 2 is 1.85 bits per heavy atom. The third kappa shape index (κ3) is 3.92. The van der Waals surface area contributed by atoms with E-state index in [2.05, 4.69) is 11.8 Å². The Labute approximate surface area is 123 Å². The average molecular weight is 283 g/mol. The van der Waals surface area contributed by atoms with Gasteiger partial charge in [-0.15, -0.1) is 0 Å². The summed E-state index contributed by atoms with van der Waals surface area (Å²) in [4.78, 5) is 25.7. The molecule has 0 spiro atoms. The zero-order valence-corrected chi connectivity index (χ0v) is 14.0. The number of ketones is 1. The molecule has 0 amide bonds. The molecule has 4 heteroatoms. The molecule has 0 aromatic carbocycles. The fraction of sp³-hybridized carbons (Fsp3) is 0.750. The normalized spacial score (nSPS) is 21.7. The second kappa shape index (κ2) is 8.20. The van der Waals surface area contributed by atoms with Crippen LogP contribution in [0.5, 0.6) is 0 Å². The summed E-state index contributed by atoms with van der Waals surface area (Å²) in [6.07, 6.45) is 1.31. The summed E-state index contributed by atoms with van der Waals surface area (Å²) in [5, 5.41) is 0. The van der Waals surface area contributed by atoms with Crippen molar-refractivity contribution in [1.29, 1.82) is 0 Å². The molecule has 0 bridgehead atoms. The second-order valence-corrected chi connectivity index (χ2v) is 4.94. The predicted octanol–water partition coefficient (Wildman–Crippen LogP) is 2.97. The lowest BCUT2D eigenvalue weighted by Crippen LogP contribution is -2.37. The number of hydrogen-bond donors (Lipinski definition) is 0. The monoisotopic (exact) mass is 283 g/mol. The highest BCUT2D eigenvalue weighted by Crippen LogP contribution is 2.38. The molecule has 0 aliphatic carbocycles. The van der Waals surface area contributed by atoms with Crippen molar-refractivity contribution < 1.29 is 14.3 Å². The number of cyclic esters (lactones) is 1. The molecule has 0 saturated heterocycles. The van der Waals surface area contributed by atoms with Crippen molar-refractivity contribution in [2.75, 3.05) is 20.1 Å². The Balaban J connectivity index is 0.00000172. The van der Waals surface area contributed by atoms with E-state index in [1.165, 1.54) is 6.92 Å². The Hall–Kier alpha value is -1.16. The van der Waals surface area contributed by atoms with Crippen LogP contribution in [-0.2, 0) is 14.3 Å². The van der Waals surface area contributed by atoms with Gasteiger partial charge in [-0.25, -0.2) is 4.79 Å². The molecule has 0 aromatic rings. The first-order valence-corrected chi connectivity index (χ1v) is 7.52. The highest BCUT2D eigenvalue weighted by Gasteiger charge is 2.46. The number of carbonyl (C=O) groups excluding carboxylic acids is 2. The molecule has 1 unspecified atom stereocenters. The molecule has 0 aromatic heterocycles. The van der Waals surface area contributed by atoms with E-state index < -0.39 is 5.60 Å². The highest BCUT2D eigenvalue weighted by molar-refractivity contribution is 6.07. The average Bonchev–Trinajstić information content (AvgIpc) is 2.70. The SMILES string of the molecule is CC.CCN(C)CCC1(CC)OC(=O)C(C)=C1C(C)=O. The predicted molar refractivity (Wildman–Crippen MR) is 81.6 cm³/mol. The van der Waals surface area contributed by atoms with Crippen molar-refractivity contribution in [3.8, 4) is 0 Å². The maximum Gasteiger partial charge on any atom is 0.335 e. The number of rotatable bonds is 6. The maximum absolute atomic E-state index is 11.8. The molecule has 1 heterocycles. The number of esters is 1. The molecular weight excluding hydrogens is 254 g/mol. The zero-order chi connectivity index (χ0) is 15.9. The number of carbonyl (C=O) groups is 2. The molecule has 116 valence electrons. The Morgan fingerprint density at radius 3 is 2.25 bits per heavy atom. The number of Topliss-reactive ketones (excluding diaryl/α,β-unsaturated/α-hetero) is 1. The van der Waals surface area contributed by atoms with Crippen LogP contribution in [-0.4, -0.2) is 42.4 Å². The summed E-state index contributed by atoms with van der Waals surface area (Å²) >= 11 is 0. The Bertz CT molecular complexity index is 387. The van der Waals surface area contributed by atoms with Crippen molar-refractivity contribution in [3.63, 3.8) is 0 Å². The van der Waals surface area contributed by atoms with Crippen LogP contribution in [0.1, 0.15) is 54.4 Å². The Morgan fingerprint density at radius 1 is 1.30 bits per heavy atom. The van der Waals surface area contributed by atoms with Gasteiger partial charge in [0.25, 0.3) is 0 Å². The van der Waals surface area contributed by atoms with E-state index in [0.717, 1.165) is 13.1 Å². The molecule has 0 radical (unpaired) electrons. The van der Waals surface area contributed by atoms with Gasteiger partial charge in [0.15, 0.2) is 5.78 Å². The molecule has 20 heavy (non-hydrogen) atoms. The minimum Gasteiger partial charge on any atom is -0.451 e. The van der Waals surface area contributed by atoms with Crippen LogP contribution < -0.4 is 0 Å². The van der Waals surface area contributed by atoms with Crippen LogP contribution >= 0.6 is 0 Å². The van der Waals surface area contributed by atoms with Crippen molar-refractivity contribution in [3.05, 3.63) is 11.1 Å². The Kier molecular flexibility index (Phi) is 7.72. The van der Waals surface area contributed by atoms with Gasteiger partial charge in [0, 0.05) is 24.1 Å². The number of hydrogen-bond acceptors (Lipinski definition) is 4. The summed E-state index contributed by atoms with van der Waals surface area (Å²) < 4.78 is 5.52. The summed E-state index contributed by atoms with van der Waals surface area (Å²) in [5.74, 6) is -0.402. The first kappa shape index (κ1) is 18.8. The lowest BCUT2D eigenvalue weighted by molar-refractivity contribution is -0.148. The van der Waals surface area contributed by atoms with Gasteiger partial charge in [-0.3, -0.25) is 4.79 Å². The highest BCUT2D eigenvalue weighted by atomic mass is 16.6. The van der Waals surface area contributed by atoms with Gasteiger partial charge in [-0.1, -0.05) is 27.7 Å². The fourth-order valence-corrected chi connectivity index (χ4v) is 2.46. The van der Waals surface area contributed by atoms with Crippen LogP contribution in [0, 0.1) is 0 Å². The second-order valence-electron chi connectivity index (χ2n) is 4.94. The van der Waals surface area contributed by atoms with Gasteiger partial charge in [0.05, 0.1) is 0 Å². The van der Waals surface area contributed by atoms with E-state index in [1.54, 1.807) is 6.92 Å². The lowest BCUT2D eigenvalue weighted by atomic mass is 9.84. The van der Waals surface area contributed by atoms with Crippen molar-refractivity contribution in [2.45, 2.75) is 60.0 Å². The molecule has 0 saturated carbocycles. The topological polar surface area (TPSA) is 46.6 Å². The van der Waals surface area contributed by atoms with E-state index in [4.69, 9.17) is 4.74 Å². The molecule has 1 atom stereocenters. The third-order valence-electron chi connectivity index (χ3n) is 3.79. The van der Waals surface area contributed by atoms with Gasteiger partial charge in [-0.05, 0) is 33.9 Å². The van der Waals surface area contributed by atoms with E-state index >= 15 is 0 Å². The lowest BCUT2D eigenvalue weighted by Gasteiger charge is -2.30. The molecule has 1 aliphatic heterocycles. The standard InChI is InChI=1S/C14H23NO3.C2H6/c1-6-14(8-9-15(5)7-2)12(11(4)16)10(3)13(17)18-14;1-2/h6-9H2,1-5H3;1-2H3. The van der Waals surface area contributed by atoms with Crippen molar-refractivity contribution >= 4 is 11.8 Å². The van der Waals surface area contributed by atoms with Gasteiger partial charge >= 0.3 is 5.97 Å². The molecule has 4 nitrogen and oxygen atoms in total. The first-order chi connectivity index (χ1) is 9.38. The molecular formula is C16H29NO3. The zero-order valence-electron chi connectivity index (χ0n) is 14.0. The smallest absolute Gasteiger partial charge is 0.335 e. The minimum absolute atomic E-state index is 0.0562.